The van der Waals surface area contributed by atoms with Crippen molar-refractivity contribution in [2.45, 2.75) is 32.3 Å². The molecular formula is C17H19BrO2. The number of carbonyl (C=O) groups excluding carboxylic acids is 1. The first-order chi connectivity index (χ1) is 9.70. The summed E-state index contributed by atoms with van der Waals surface area (Å²) in [5.41, 5.74) is 1.04. The number of hydrogen-bond acceptors (Lipinski definition) is 2. The molecule has 20 heavy (non-hydrogen) atoms. The van der Waals surface area contributed by atoms with Gasteiger partial charge in [-0.25, -0.2) is 0 Å². The molecule has 0 fully saturated rings. The fourth-order valence-electron chi connectivity index (χ4n) is 2.15. The highest BCUT2D eigenvalue weighted by Crippen LogP contribution is 2.23. The maximum atomic E-state index is 11.7. The Bertz CT molecular complexity index is 580. The molecule has 2 rings (SSSR count). The molecule has 106 valence electrons. The fraction of sp³-hybridized carbons (Fsp3) is 0.353. The van der Waals surface area contributed by atoms with E-state index in [1.807, 2.05) is 25.1 Å². The van der Waals surface area contributed by atoms with Crippen molar-refractivity contribution in [1.29, 1.82) is 0 Å². The maximum absolute atomic E-state index is 11.7. The summed E-state index contributed by atoms with van der Waals surface area (Å²) in [6.45, 7) is 1.92. The van der Waals surface area contributed by atoms with Crippen LogP contribution in [0, 0.1) is 0 Å². The van der Waals surface area contributed by atoms with E-state index in [4.69, 9.17) is 4.74 Å². The standard InChI is InChI=1S/C17H19BrO2/c1-13(20-17(19)8-4-5-11-18)15-10-9-14-6-2-3-7-16(14)12-15/h2-3,6-7,9-10,12-13H,4-5,8,11H2,1H3. The van der Waals surface area contributed by atoms with Crippen LogP contribution >= 0.6 is 15.9 Å². The third kappa shape index (κ3) is 4.07. The van der Waals surface area contributed by atoms with Gasteiger partial charge >= 0.3 is 5.97 Å². The van der Waals surface area contributed by atoms with Gasteiger partial charge < -0.3 is 4.74 Å². The SMILES string of the molecule is CC(OC(=O)CCCCBr)c1ccc2ccccc2c1. The van der Waals surface area contributed by atoms with E-state index in [2.05, 4.69) is 40.2 Å². The molecule has 2 aromatic rings. The summed E-state index contributed by atoms with van der Waals surface area (Å²) >= 11 is 3.36. The third-order valence-electron chi connectivity index (χ3n) is 3.32. The lowest BCUT2D eigenvalue weighted by Gasteiger charge is -2.14. The molecule has 0 aliphatic carbocycles. The number of esters is 1. The number of rotatable bonds is 6. The minimum atomic E-state index is -0.198. The first-order valence-electron chi connectivity index (χ1n) is 6.95. The summed E-state index contributed by atoms with van der Waals surface area (Å²) in [5, 5.41) is 3.31. The second-order valence-corrected chi connectivity index (χ2v) is 5.68. The molecule has 0 amide bonds. The van der Waals surface area contributed by atoms with Gasteiger partial charge in [0.1, 0.15) is 6.10 Å². The van der Waals surface area contributed by atoms with Crippen molar-refractivity contribution < 1.29 is 9.53 Å². The molecule has 1 atom stereocenters. The number of carbonyl (C=O) groups is 1. The summed E-state index contributed by atoms with van der Waals surface area (Å²) < 4.78 is 5.48. The Kier molecular flexibility index (Phi) is 5.60. The Morgan fingerprint density at radius 1 is 1.15 bits per heavy atom. The first-order valence-corrected chi connectivity index (χ1v) is 8.07. The van der Waals surface area contributed by atoms with E-state index >= 15 is 0 Å². The van der Waals surface area contributed by atoms with Gasteiger partial charge in [-0.3, -0.25) is 4.79 Å². The number of unbranched alkanes of at least 4 members (excludes halogenated alkanes) is 1. The van der Waals surface area contributed by atoms with Gasteiger partial charge in [-0.05, 0) is 42.2 Å². The highest BCUT2D eigenvalue weighted by molar-refractivity contribution is 9.09. The number of hydrogen-bond donors (Lipinski definition) is 0. The van der Waals surface area contributed by atoms with Crippen LogP contribution in [0.4, 0.5) is 0 Å². The average Bonchev–Trinajstić information content (AvgIpc) is 2.47. The quantitative estimate of drug-likeness (QED) is 0.421. The predicted octanol–water partition coefficient (Wildman–Crippen LogP) is 5.01. The molecule has 2 nitrogen and oxygen atoms in total. The average molecular weight is 335 g/mol. The highest BCUT2D eigenvalue weighted by Gasteiger charge is 2.11. The fourth-order valence-corrected chi connectivity index (χ4v) is 2.55. The van der Waals surface area contributed by atoms with Crippen molar-refractivity contribution in [1.82, 2.24) is 0 Å². The van der Waals surface area contributed by atoms with E-state index in [-0.39, 0.29) is 12.1 Å². The summed E-state index contributed by atoms with van der Waals surface area (Å²) in [6.07, 6.45) is 2.16. The predicted molar refractivity (Wildman–Crippen MR) is 86.1 cm³/mol. The second-order valence-electron chi connectivity index (χ2n) is 4.88. The lowest BCUT2D eigenvalue weighted by Crippen LogP contribution is -2.08. The zero-order valence-electron chi connectivity index (χ0n) is 11.6. The van der Waals surface area contributed by atoms with Gasteiger partial charge in [0, 0.05) is 11.8 Å². The minimum absolute atomic E-state index is 0.119. The van der Waals surface area contributed by atoms with Crippen molar-refractivity contribution in [2.75, 3.05) is 5.33 Å². The molecule has 0 aliphatic rings. The summed E-state index contributed by atoms with van der Waals surface area (Å²) in [5.74, 6) is -0.119. The van der Waals surface area contributed by atoms with Crippen LogP contribution in [0.3, 0.4) is 0 Å². The van der Waals surface area contributed by atoms with E-state index in [0.717, 1.165) is 23.7 Å². The molecule has 0 heterocycles. The van der Waals surface area contributed by atoms with Gasteiger partial charge in [0.05, 0.1) is 0 Å². The van der Waals surface area contributed by atoms with Crippen molar-refractivity contribution >= 4 is 32.7 Å². The molecule has 0 N–H and O–H groups in total. The topological polar surface area (TPSA) is 26.3 Å². The van der Waals surface area contributed by atoms with E-state index in [1.54, 1.807) is 0 Å². The van der Waals surface area contributed by atoms with Crippen LogP contribution in [0.5, 0.6) is 0 Å². The van der Waals surface area contributed by atoms with E-state index < -0.39 is 0 Å². The van der Waals surface area contributed by atoms with Gasteiger partial charge in [-0.1, -0.05) is 52.3 Å². The highest BCUT2D eigenvalue weighted by atomic mass is 79.9. The molecule has 0 radical (unpaired) electrons. The zero-order chi connectivity index (χ0) is 14.4. The van der Waals surface area contributed by atoms with Gasteiger partial charge in [-0.2, -0.15) is 0 Å². The van der Waals surface area contributed by atoms with Crippen molar-refractivity contribution in [3.8, 4) is 0 Å². The van der Waals surface area contributed by atoms with Crippen molar-refractivity contribution in [3.63, 3.8) is 0 Å². The van der Waals surface area contributed by atoms with Crippen molar-refractivity contribution in [2.24, 2.45) is 0 Å². The first kappa shape index (κ1) is 15.0. The van der Waals surface area contributed by atoms with Crippen LogP contribution in [-0.2, 0) is 9.53 Å². The summed E-state index contributed by atoms with van der Waals surface area (Å²) in [6, 6.07) is 14.4. The molecule has 3 heteroatoms. The molecule has 0 spiro atoms. The summed E-state index contributed by atoms with van der Waals surface area (Å²) in [4.78, 5) is 11.7. The van der Waals surface area contributed by atoms with Crippen LogP contribution in [0.25, 0.3) is 10.8 Å². The minimum Gasteiger partial charge on any atom is -0.458 e. The Morgan fingerprint density at radius 3 is 2.65 bits per heavy atom. The van der Waals surface area contributed by atoms with Gasteiger partial charge in [-0.15, -0.1) is 0 Å². The van der Waals surface area contributed by atoms with Crippen LogP contribution in [0.15, 0.2) is 42.5 Å². The monoisotopic (exact) mass is 334 g/mol. The molecular weight excluding hydrogens is 316 g/mol. The number of halogens is 1. The molecule has 2 aromatic carbocycles. The van der Waals surface area contributed by atoms with Crippen LogP contribution in [0.1, 0.15) is 37.9 Å². The lowest BCUT2D eigenvalue weighted by atomic mass is 10.0. The molecule has 0 bridgehead atoms. The van der Waals surface area contributed by atoms with E-state index in [0.29, 0.717) is 6.42 Å². The molecule has 0 saturated carbocycles. The number of fused-ring (bicyclic) bond motifs is 1. The van der Waals surface area contributed by atoms with E-state index in [9.17, 15) is 4.79 Å². The number of alkyl halides is 1. The Hall–Kier alpha value is -1.35. The van der Waals surface area contributed by atoms with Gasteiger partial charge in [0.2, 0.25) is 0 Å². The number of benzene rings is 2. The van der Waals surface area contributed by atoms with Crippen molar-refractivity contribution in [3.05, 3.63) is 48.0 Å². The Morgan fingerprint density at radius 2 is 1.90 bits per heavy atom. The molecule has 1 unspecified atom stereocenters. The summed E-state index contributed by atoms with van der Waals surface area (Å²) in [7, 11) is 0. The van der Waals surface area contributed by atoms with E-state index in [1.165, 1.54) is 10.8 Å². The third-order valence-corrected chi connectivity index (χ3v) is 3.88. The van der Waals surface area contributed by atoms with Crippen LogP contribution in [-0.4, -0.2) is 11.3 Å². The largest absolute Gasteiger partial charge is 0.458 e. The number of ether oxygens (including phenoxy) is 1. The molecule has 0 aromatic heterocycles. The lowest BCUT2D eigenvalue weighted by molar-refractivity contribution is -0.148. The Labute approximate surface area is 128 Å². The smallest absolute Gasteiger partial charge is 0.306 e. The van der Waals surface area contributed by atoms with Gasteiger partial charge in [0.25, 0.3) is 0 Å². The normalized spacial score (nSPS) is 12.3. The Balaban J connectivity index is 2.00. The molecule has 0 saturated heterocycles. The van der Waals surface area contributed by atoms with Crippen LogP contribution in [0.2, 0.25) is 0 Å². The van der Waals surface area contributed by atoms with Gasteiger partial charge in [0.15, 0.2) is 0 Å². The second kappa shape index (κ2) is 7.44. The maximum Gasteiger partial charge on any atom is 0.306 e. The van der Waals surface area contributed by atoms with Crippen LogP contribution < -0.4 is 0 Å². The molecule has 0 aliphatic heterocycles. The zero-order valence-corrected chi connectivity index (χ0v) is 13.2.